The minimum absolute atomic E-state index is 0.0497. The van der Waals surface area contributed by atoms with E-state index in [1.807, 2.05) is 54.6 Å². The Labute approximate surface area is 161 Å². The fraction of sp³-hybridized carbons (Fsp3) is 0.190. The lowest BCUT2D eigenvalue weighted by Crippen LogP contribution is -2.26. The smallest absolute Gasteiger partial charge is 0.223 e. The number of amides is 1. The fourth-order valence-electron chi connectivity index (χ4n) is 2.85. The van der Waals surface area contributed by atoms with Crippen LogP contribution in [0.25, 0.3) is 21.5 Å². The Morgan fingerprint density at radius 2 is 1.89 bits per heavy atom. The van der Waals surface area contributed by atoms with E-state index < -0.39 is 0 Å². The van der Waals surface area contributed by atoms with E-state index in [1.54, 1.807) is 29.5 Å². The molecule has 0 N–H and O–H groups in total. The van der Waals surface area contributed by atoms with Gasteiger partial charge in [-0.2, -0.15) is 0 Å². The molecule has 0 saturated heterocycles. The molecule has 4 aromatic rings. The molecule has 2 heterocycles. The monoisotopic (exact) mass is 377 g/mol. The standard InChI is InChI=1S/C21H19N3O2S/c1-24(14-20-23-16-9-5-6-10-18(16)27-20)21(25)12-11-19-22-13-17(26-19)15-7-3-2-4-8-15/h2-10,13H,11-12,14H2,1H3. The zero-order chi connectivity index (χ0) is 18.6. The summed E-state index contributed by atoms with van der Waals surface area (Å²) in [6.07, 6.45) is 2.55. The van der Waals surface area contributed by atoms with Crippen molar-refractivity contribution in [3.8, 4) is 11.3 Å². The summed E-state index contributed by atoms with van der Waals surface area (Å²) >= 11 is 1.62. The molecular weight excluding hydrogens is 358 g/mol. The average molecular weight is 377 g/mol. The minimum Gasteiger partial charge on any atom is -0.441 e. The maximum Gasteiger partial charge on any atom is 0.223 e. The summed E-state index contributed by atoms with van der Waals surface area (Å²) < 4.78 is 6.91. The van der Waals surface area contributed by atoms with E-state index in [0.717, 1.165) is 26.5 Å². The number of carbonyl (C=O) groups is 1. The van der Waals surface area contributed by atoms with E-state index in [1.165, 1.54) is 0 Å². The van der Waals surface area contributed by atoms with Crippen molar-refractivity contribution >= 4 is 27.5 Å². The first-order chi connectivity index (χ1) is 13.2. The van der Waals surface area contributed by atoms with E-state index in [0.29, 0.717) is 25.3 Å². The van der Waals surface area contributed by atoms with Gasteiger partial charge in [0.05, 0.1) is 23.0 Å². The van der Waals surface area contributed by atoms with E-state index in [9.17, 15) is 4.79 Å². The first-order valence-corrected chi connectivity index (χ1v) is 9.59. The van der Waals surface area contributed by atoms with Crippen LogP contribution in [0.15, 0.2) is 65.2 Å². The molecule has 0 aliphatic carbocycles. The second-order valence-electron chi connectivity index (χ2n) is 6.31. The van der Waals surface area contributed by atoms with Crippen LogP contribution in [0.5, 0.6) is 0 Å². The number of hydrogen-bond donors (Lipinski definition) is 0. The highest BCUT2D eigenvalue weighted by molar-refractivity contribution is 7.18. The molecule has 0 saturated carbocycles. The number of aryl methyl sites for hydroxylation is 1. The van der Waals surface area contributed by atoms with Gasteiger partial charge in [0.1, 0.15) is 5.01 Å². The van der Waals surface area contributed by atoms with Gasteiger partial charge in [0.2, 0.25) is 5.91 Å². The van der Waals surface area contributed by atoms with Crippen molar-refractivity contribution in [3.05, 3.63) is 71.7 Å². The SMILES string of the molecule is CN(Cc1nc2ccccc2s1)C(=O)CCc1ncc(-c2ccccc2)o1. The average Bonchev–Trinajstić information content (AvgIpc) is 3.33. The predicted octanol–water partition coefficient (Wildman–Crippen LogP) is 4.54. The van der Waals surface area contributed by atoms with Crippen molar-refractivity contribution in [2.45, 2.75) is 19.4 Å². The van der Waals surface area contributed by atoms with Crippen molar-refractivity contribution in [3.63, 3.8) is 0 Å². The number of para-hydroxylation sites is 1. The molecule has 0 bridgehead atoms. The third-order valence-corrected chi connectivity index (χ3v) is 5.32. The molecular formula is C21H19N3O2S. The van der Waals surface area contributed by atoms with Crippen molar-refractivity contribution in [1.29, 1.82) is 0 Å². The summed E-state index contributed by atoms with van der Waals surface area (Å²) in [6, 6.07) is 17.8. The summed E-state index contributed by atoms with van der Waals surface area (Å²) in [5.41, 5.74) is 1.96. The van der Waals surface area contributed by atoms with E-state index in [4.69, 9.17) is 4.42 Å². The first-order valence-electron chi connectivity index (χ1n) is 8.77. The van der Waals surface area contributed by atoms with Crippen LogP contribution in [0.1, 0.15) is 17.3 Å². The van der Waals surface area contributed by atoms with Gasteiger partial charge in [0.15, 0.2) is 11.7 Å². The molecule has 0 unspecified atom stereocenters. The quantitative estimate of drug-likeness (QED) is 0.495. The molecule has 0 radical (unpaired) electrons. The van der Waals surface area contributed by atoms with Crippen molar-refractivity contribution < 1.29 is 9.21 Å². The Morgan fingerprint density at radius 1 is 1.11 bits per heavy atom. The molecule has 0 atom stereocenters. The van der Waals surface area contributed by atoms with Crippen LogP contribution in [-0.4, -0.2) is 27.8 Å². The third kappa shape index (κ3) is 4.06. The Bertz CT molecular complexity index is 1020. The zero-order valence-electron chi connectivity index (χ0n) is 15.0. The predicted molar refractivity (Wildman–Crippen MR) is 106 cm³/mol. The van der Waals surface area contributed by atoms with Crippen LogP contribution in [0.3, 0.4) is 0 Å². The number of nitrogens with zero attached hydrogens (tertiary/aromatic N) is 3. The largest absolute Gasteiger partial charge is 0.441 e. The minimum atomic E-state index is 0.0497. The lowest BCUT2D eigenvalue weighted by atomic mass is 10.2. The van der Waals surface area contributed by atoms with Crippen LogP contribution in [0, 0.1) is 0 Å². The molecule has 2 aromatic carbocycles. The maximum atomic E-state index is 12.4. The first kappa shape index (κ1) is 17.4. The molecule has 6 heteroatoms. The highest BCUT2D eigenvalue weighted by atomic mass is 32.1. The maximum absolute atomic E-state index is 12.4. The zero-order valence-corrected chi connectivity index (χ0v) is 15.8. The van der Waals surface area contributed by atoms with Crippen LogP contribution in [-0.2, 0) is 17.8 Å². The van der Waals surface area contributed by atoms with Gasteiger partial charge >= 0.3 is 0 Å². The molecule has 1 amide bonds. The van der Waals surface area contributed by atoms with Gasteiger partial charge in [-0.1, -0.05) is 42.5 Å². The number of thiazole rings is 1. The highest BCUT2D eigenvalue weighted by Crippen LogP contribution is 2.23. The summed E-state index contributed by atoms with van der Waals surface area (Å²) in [4.78, 5) is 23.0. The van der Waals surface area contributed by atoms with Crippen LogP contribution in [0.4, 0.5) is 0 Å². The van der Waals surface area contributed by atoms with Crippen LogP contribution in [0.2, 0.25) is 0 Å². The number of rotatable bonds is 6. The molecule has 2 aromatic heterocycles. The van der Waals surface area contributed by atoms with Crippen molar-refractivity contribution in [2.75, 3.05) is 7.05 Å². The topological polar surface area (TPSA) is 59.2 Å². The van der Waals surface area contributed by atoms with Gasteiger partial charge in [-0.15, -0.1) is 11.3 Å². The normalized spacial score (nSPS) is 11.0. The molecule has 136 valence electrons. The van der Waals surface area contributed by atoms with Gasteiger partial charge in [0.25, 0.3) is 0 Å². The summed E-state index contributed by atoms with van der Waals surface area (Å²) in [6.45, 7) is 0.513. The molecule has 27 heavy (non-hydrogen) atoms. The van der Waals surface area contributed by atoms with E-state index in [-0.39, 0.29) is 5.91 Å². The number of hydrogen-bond acceptors (Lipinski definition) is 5. The Morgan fingerprint density at radius 3 is 2.70 bits per heavy atom. The number of benzene rings is 2. The summed E-state index contributed by atoms with van der Waals surface area (Å²) in [5.74, 6) is 1.35. The second-order valence-corrected chi connectivity index (χ2v) is 7.42. The molecule has 5 nitrogen and oxygen atoms in total. The Balaban J connectivity index is 1.34. The number of oxazole rings is 1. The van der Waals surface area contributed by atoms with Crippen LogP contribution >= 0.6 is 11.3 Å². The number of carbonyl (C=O) groups excluding carboxylic acids is 1. The lowest BCUT2D eigenvalue weighted by molar-refractivity contribution is -0.130. The summed E-state index contributed by atoms with van der Waals surface area (Å²) in [7, 11) is 1.80. The number of fused-ring (bicyclic) bond motifs is 1. The van der Waals surface area contributed by atoms with Gasteiger partial charge in [-0.3, -0.25) is 4.79 Å². The lowest BCUT2D eigenvalue weighted by Gasteiger charge is -2.14. The van der Waals surface area contributed by atoms with Gasteiger partial charge < -0.3 is 9.32 Å². The third-order valence-electron chi connectivity index (χ3n) is 4.30. The molecule has 0 aliphatic heterocycles. The van der Waals surface area contributed by atoms with Crippen molar-refractivity contribution in [2.24, 2.45) is 0 Å². The molecule has 4 rings (SSSR count). The van der Waals surface area contributed by atoms with Gasteiger partial charge in [-0.05, 0) is 12.1 Å². The molecule has 0 spiro atoms. The van der Waals surface area contributed by atoms with Crippen LogP contribution < -0.4 is 0 Å². The van der Waals surface area contributed by atoms with Crippen molar-refractivity contribution in [1.82, 2.24) is 14.9 Å². The Hall–Kier alpha value is -2.99. The number of aromatic nitrogens is 2. The van der Waals surface area contributed by atoms with E-state index >= 15 is 0 Å². The Kier molecular flexibility index (Phi) is 4.98. The molecule has 0 fully saturated rings. The fourth-order valence-corrected chi connectivity index (χ4v) is 3.87. The van der Waals surface area contributed by atoms with Gasteiger partial charge in [0, 0.05) is 25.5 Å². The molecule has 0 aliphatic rings. The summed E-state index contributed by atoms with van der Waals surface area (Å²) in [5, 5.41) is 0.939. The second kappa shape index (κ2) is 7.72. The van der Waals surface area contributed by atoms with E-state index in [2.05, 4.69) is 9.97 Å². The van der Waals surface area contributed by atoms with Gasteiger partial charge in [-0.25, -0.2) is 9.97 Å². The highest BCUT2D eigenvalue weighted by Gasteiger charge is 2.14.